The van der Waals surface area contributed by atoms with Gasteiger partial charge < -0.3 is 4.57 Å². The van der Waals surface area contributed by atoms with E-state index in [9.17, 15) is 0 Å². The van der Waals surface area contributed by atoms with Crippen molar-refractivity contribution in [3.8, 4) is 0 Å². The molecule has 0 aliphatic heterocycles. The number of hydrogen-bond acceptors (Lipinski definition) is 3. The van der Waals surface area contributed by atoms with Crippen LogP contribution in [0.4, 0.5) is 0 Å². The van der Waals surface area contributed by atoms with Crippen LogP contribution < -0.4 is 11.3 Å². The van der Waals surface area contributed by atoms with Crippen molar-refractivity contribution in [3.63, 3.8) is 0 Å². The molecular weight excluding hydrogens is 280 g/mol. The number of nitrogens with zero attached hydrogens (tertiary/aromatic N) is 2. The van der Waals surface area contributed by atoms with Crippen LogP contribution in [0.25, 0.3) is 0 Å². The second-order valence-corrected chi connectivity index (χ2v) is 4.89. The molecule has 17 heavy (non-hydrogen) atoms. The van der Waals surface area contributed by atoms with Gasteiger partial charge in [0.15, 0.2) is 0 Å². The number of aromatic nitrogens is 2. The third-order valence-electron chi connectivity index (χ3n) is 2.77. The summed E-state index contributed by atoms with van der Waals surface area (Å²) in [6.45, 7) is 0. The van der Waals surface area contributed by atoms with Crippen LogP contribution in [0.3, 0.4) is 0 Å². The summed E-state index contributed by atoms with van der Waals surface area (Å²) in [5.41, 5.74) is 5.15. The van der Waals surface area contributed by atoms with Gasteiger partial charge in [-0.1, -0.05) is 28.1 Å². The zero-order chi connectivity index (χ0) is 12.3. The van der Waals surface area contributed by atoms with Crippen molar-refractivity contribution >= 4 is 15.9 Å². The van der Waals surface area contributed by atoms with E-state index in [-0.39, 0.29) is 6.04 Å². The van der Waals surface area contributed by atoms with Gasteiger partial charge in [-0.3, -0.25) is 11.3 Å². The number of hydrogen-bond donors (Lipinski definition) is 2. The molecule has 1 heterocycles. The number of benzene rings is 1. The molecule has 1 aromatic heterocycles. The van der Waals surface area contributed by atoms with Gasteiger partial charge in [-0.05, 0) is 24.1 Å². The van der Waals surface area contributed by atoms with Crippen molar-refractivity contribution in [1.29, 1.82) is 0 Å². The summed E-state index contributed by atoms with van der Waals surface area (Å²) in [6, 6.07) is 8.32. The van der Waals surface area contributed by atoms with E-state index in [2.05, 4.69) is 38.5 Å². The number of nitrogens with one attached hydrogen (secondary N) is 1. The number of nitrogens with two attached hydrogens (primary N) is 1. The molecule has 0 spiro atoms. The smallest absolute Gasteiger partial charge is 0.0946 e. The Hall–Kier alpha value is -1.17. The number of imidazole rings is 1. The zero-order valence-electron chi connectivity index (χ0n) is 9.60. The lowest BCUT2D eigenvalue weighted by Gasteiger charge is -2.16. The number of aryl methyl sites for hydroxylation is 1. The highest BCUT2D eigenvalue weighted by molar-refractivity contribution is 9.10. The predicted molar refractivity (Wildman–Crippen MR) is 71.1 cm³/mol. The molecule has 0 fully saturated rings. The Morgan fingerprint density at radius 1 is 1.41 bits per heavy atom. The van der Waals surface area contributed by atoms with Gasteiger partial charge in [0, 0.05) is 17.7 Å². The van der Waals surface area contributed by atoms with E-state index in [4.69, 9.17) is 5.84 Å². The fourth-order valence-corrected chi connectivity index (χ4v) is 2.07. The number of rotatable bonds is 4. The van der Waals surface area contributed by atoms with E-state index in [1.54, 1.807) is 6.33 Å². The molecule has 0 amide bonds. The normalized spacial score (nSPS) is 12.6. The van der Waals surface area contributed by atoms with Crippen molar-refractivity contribution < 1.29 is 0 Å². The second-order valence-electron chi connectivity index (χ2n) is 3.98. The molecule has 0 bridgehead atoms. The third-order valence-corrected chi connectivity index (χ3v) is 3.29. The van der Waals surface area contributed by atoms with Crippen molar-refractivity contribution in [2.24, 2.45) is 12.9 Å². The first-order valence-electron chi connectivity index (χ1n) is 5.37. The van der Waals surface area contributed by atoms with Gasteiger partial charge in [-0.25, -0.2) is 4.98 Å². The fourth-order valence-electron chi connectivity index (χ4n) is 1.81. The average molecular weight is 295 g/mol. The first kappa shape index (κ1) is 12.3. The molecule has 0 aliphatic rings. The van der Waals surface area contributed by atoms with Crippen LogP contribution in [0.15, 0.2) is 41.3 Å². The Morgan fingerprint density at radius 2 is 2.12 bits per heavy atom. The van der Waals surface area contributed by atoms with Gasteiger partial charge in [0.25, 0.3) is 0 Å². The van der Waals surface area contributed by atoms with E-state index in [0.717, 1.165) is 16.6 Å². The first-order chi connectivity index (χ1) is 8.20. The van der Waals surface area contributed by atoms with Crippen LogP contribution in [-0.2, 0) is 13.5 Å². The topological polar surface area (TPSA) is 55.9 Å². The summed E-state index contributed by atoms with van der Waals surface area (Å²) < 4.78 is 3.06. The van der Waals surface area contributed by atoms with Crippen LogP contribution in [-0.4, -0.2) is 9.55 Å². The molecule has 1 aromatic carbocycles. The predicted octanol–water partition coefficient (Wildman–Crippen LogP) is 1.93. The standard InChI is InChI=1S/C12H15BrN4/c1-17-8-15-7-12(17)11(16-14)6-9-2-4-10(13)5-3-9/h2-5,7-8,11,16H,6,14H2,1H3. The van der Waals surface area contributed by atoms with E-state index in [1.165, 1.54) is 5.56 Å². The Morgan fingerprint density at radius 3 is 2.65 bits per heavy atom. The Kier molecular flexibility index (Phi) is 3.93. The van der Waals surface area contributed by atoms with Gasteiger partial charge in [-0.2, -0.15) is 0 Å². The maximum Gasteiger partial charge on any atom is 0.0946 e. The van der Waals surface area contributed by atoms with Crippen LogP contribution in [0.5, 0.6) is 0 Å². The Balaban J connectivity index is 2.16. The molecule has 0 saturated carbocycles. The van der Waals surface area contributed by atoms with Crippen LogP contribution in [0, 0.1) is 0 Å². The highest BCUT2D eigenvalue weighted by Gasteiger charge is 2.13. The van der Waals surface area contributed by atoms with Crippen molar-refractivity contribution in [2.45, 2.75) is 12.5 Å². The lowest BCUT2D eigenvalue weighted by atomic mass is 10.0. The van der Waals surface area contributed by atoms with Crippen molar-refractivity contribution in [1.82, 2.24) is 15.0 Å². The quantitative estimate of drug-likeness (QED) is 0.669. The molecule has 0 aliphatic carbocycles. The van der Waals surface area contributed by atoms with Crippen LogP contribution >= 0.6 is 15.9 Å². The van der Waals surface area contributed by atoms with Crippen molar-refractivity contribution in [3.05, 3.63) is 52.5 Å². The molecule has 2 rings (SSSR count). The minimum absolute atomic E-state index is 0.0728. The summed E-state index contributed by atoms with van der Waals surface area (Å²) in [7, 11) is 1.97. The molecule has 0 saturated heterocycles. The zero-order valence-corrected chi connectivity index (χ0v) is 11.2. The molecule has 1 atom stereocenters. The van der Waals surface area contributed by atoms with Gasteiger partial charge in [0.1, 0.15) is 0 Å². The minimum Gasteiger partial charge on any atom is -0.336 e. The molecule has 90 valence electrons. The Bertz CT molecular complexity index is 478. The summed E-state index contributed by atoms with van der Waals surface area (Å²) in [4.78, 5) is 4.11. The first-order valence-corrected chi connectivity index (χ1v) is 6.17. The highest BCUT2D eigenvalue weighted by Crippen LogP contribution is 2.18. The van der Waals surface area contributed by atoms with E-state index >= 15 is 0 Å². The summed E-state index contributed by atoms with van der Waals surface area (Å²) in [6.07, 6.45) is 4.45. The number of halogens is 1. The molecule has 0 radical (unpaired) electrons. The van der Waals surface area contributed by atoms with Gasteiger partial charge in [0.05, 0.1) is 18.1 Å². The highest BCUT2D eigenvalue weighted by atomic mass is 79.9. The molecule has 1 unspecified atom stereocenters. The third kappa shape index (κ3) is 2.94. The van der Waals surface area contributed by atoms with E-state index < -0.39 is 0 Å². The SMILES string of the molecule is Cn1cncc1C(Cc1ccc(Br)cc1)NN. The van der Waals surface area contributed by atoms with E-state index in [1.807, 2.05) is 29.9 Å². The van der Waals surface area contributed by atoms with Gasteiger partial charge in [0.2, 0.25) is 0 Å². The second kappa shape index (κ2) is 5.44. The van der Waals surface area contributed by atoms with Crippen LogP contribution in [0.2, 0.25) is 0 Å². The van der Waals surface area contributed by atoms with Gasteiger partial charge in [-0.15, -0.1) is 0 Å². The molecule has 5 heteroatoms. The molecule has 2 aromatic rings. The molecule has 4 nitrogen and oxygen atoms in total. The fraction of sp³-hybridized carbons (Fsp3) is 0.250. The molecule has 3 N–H and O–H groups in total. The van der Waals surface area contributed by atoms with Gasteiger partial charge >= 0.3 is 0 Å². The lowest BCUT2D eigenvalue weighted by Crippen LogP contribution is -2.30. The monoisotopic (exact) mass is 294 g/mol. The van der Waals surface area contributed by atoms with E-state index in [0.29, 0.717) is 0 Å². The average Bonchev–Trinajstić information content (AvgIpc) is 2.75. The minimum atomic E-state index is 0.0728. The molecular formula is C12H15BrN4. The maximum absolute atomic E-state index is 5.61. The summed E-state index contributed by atoms with van der Waals surface area (Å²) in [5, 5.41) is 0. The number of hydrazine groups is 1. The summed E-state index contributed by atoms with van der Waals surface area (Å²) >= 11 is 3.42. The Labute approximate surface area is 109 Å². The van der Waals surface area contributed by atoms with Crippen molar-refractivity contribution in [2.75, 3.05) is 0 Å². The van der Waals surface area contributed by atoms with Crippen LogP contribution in [0.1, 0.15) is 17.3 Å². The lowest BCUT2D eigenvalue weighted by molar-refractivity contribution is 0.522. The summed E-state index contributed by atoms with van der Waals surface area (Å²) in [5.74, 6) is 5.61. The maximum atomic E-state index is 5.61. The largest absolute Gasteiger partial charge is 0.336 e.